The number of alkyl halides is 3. The Morgan fingerprint density at radius 1 is 1.21 bits per heavy atom. The summed E-state index contributed by atoms with van der Waals surface area (Å²) in [7, 11) is 0. The van der Waals surface area contributed by atoms with Gasteiger partial charge < -0.3 is 20.6 Å². The summed E-state index contributed by atoms with van der Waals surface area (Å²) in [5, 5.41) is 11.7. The predicted molar refractivity (Wildman–Crippen MR) is 97.2 cm³/mol. The lowest BCUT2D eigenvalue weighted by atomic mass is 9.86. The second kappa shape index (κ2) is 9.29. The fourth-order valence-corrected chi connectivity index (χ4v) is 3.11. The Hall–Kier alpha value is -2.26. The number of carbonyl (C=O) groups is 2. The molecule has 0 bridgehead atoms. The van der Waals surface area contributed by atoms with Crippen LogP contribution in [0.2, 0.25) is 5.02 Å². The third-order valence-electron chi connectivity index (χ3n) is 4.46. The van der Waals surface area contributed by atoms with E-state index in [1.54, 1.807) is 24.3 Å². The highest BCUT2D eigenvalue weighted by molar-refractivity contribution is 6.31. The molecule has 4 N–H and O–H groups in total. The summed E-state index contributed by atoms with van der Waals surface area (Å²) in [6, 6.07) is 7.28. The molecule has 1 fully saturated rings. The van der Waals surface area contributed by atoms with Crippen molar-refractivity contribution in [3.8, 4) is 0 Å². The van der Waals surface area contributed by atoms with E-state index >= 15 is 0 Å². The first-order valence-corrected chi connectivity index (χ1v) is 8.98. The first-order chi connectivity index (χ1) is 13.1. The topological polar surface area (TPSA) is 106 Å². The van der Waals surface area contributed by atoms with Crippen molar-refractivity contribution in [2.75, 3.05) is 6.54 Å². The van der Waals surface area contributed by atoms with Crippen molar-refractivity contribution in [1.29, 1.82) is 0 Å². The van der Waals surface area contributed by atoms with E-state index in [1.165, 1.54) is 0 Å². The Bertz CT molecular complexity index is 830. The number of carboxylic acid groups (broad SMARTS) is 1. The number of benzene rings is 1. The Balaban J connectivity index is 0.000000345. The molecule has 1 aliphatic rings. The zero-order chi connectivity index (χ0) is 20.9. The van der Waals surface area contributed by atoms with Gasteiger partial charge in [0, 0.05) is 16.5 Å². The standard InChI is InChI=1S/C16H19ClN2O2.C2HF3O2/c17-12-3-6-14-11(7-12)8-15(21-14)16(20)19-13-4-1-10(9-18)2-5-13;3-2(4,5)1(6)7/h3,6-8,10,13H,1-2,4-5,9,18H2,(H,19,20);(H,6,7)/t10-,13-;. The molecule has 0 aliphatic heterocycles. The summed E-state index contributed by atoms with van der Waals surface area (Å²) in [6.07, 6.45) is -0.951. The zero-order valence-corrected chi connectivity index (χ0v) is 15.5. The van der Waals surface area contributed by atoms with Gasteiger partial charge in [-0.1, -0.05) is 11.6 Å². The van der Waals surface area contributed by atoms with Gasteiger partial charge in [-0.15, -0.1) is 0 Å². The van der Waals surface area contributed by atoms with Gasteiger partial charge in [-0.05, 0) is 62.4 Å². The molecule has 28 heavy (non-hydrogen) atoms. The average Bonchev–Trinajstić information content (AvgIpc) is 3.05. The van der Waals surface area contributed by atoms with Crippen LogP contribution in [0.25, 0.3) is 11.0 Å². The van der Waals surface area contributed by atoms with Crippen LogP contribution in [0, 0.1) is 5.92 Å². The van der Waals surface area contributed by atoms with Gasteiger partial charge in [-0.25, -0.2) is 4.79 Å². The molecule has 1 aromatic carbocycles. The van der Waals surface area contributed by atoms with Gasteiger partial charge in [0.15, 0.2) is 5.76 Å². The summed E-state index contributed by atoms with van der Waals surface area (Å²) in [6.45, 7) is 0.741. The van der Waals surface area contributed by atoms with E-state index in [2.05, 4.69) is 5.32 Å². The minimum atomic E-state index is -5.08. The van der Waals surface area contributed by atoms with E-state index in [0.29, 0.717) is 22.3 Å². The van der Waals surface area contributed by atoms with Crippen LogP contribution in [0.5, 0.6) is 0 Å². The van der Waals surface area contributed by atoms with Crippen LogP contribution in [-0.2, 0) is 4.79 Å². The smallest absolute Gasteiger partial charge is 0.475 e. The molecule has 6 nitrogen and oxygen atoms in total. The lowest BCUT2D eigenvalue weighted by Gasteiger charge is -2.27. The molecule has 1 aromatic heterocycles. The molecule has 1 amide bonds. The van der Waals surface area contributed by atoms with Crippen LogP contribution in [-0.4, -0.2) is 35.7 Å². The van der Waals surface area contributed by atoms with Crippen molar-refractivity contribution in [3.63, 3.8) is 0 Å². The van der Waals surface area contributed by atoms with E-state index in [4.69, 9.17) is 31.7 Å². The quantitative estimate of drug-likeness (QED) is 0.696. The maximum Gasteiger partial charge on any atom is 0.490 e. The maximum atomic E-state index is 12.3. The number of carboxylic acids is 1. The van der Waals surface area contributed by atoms with Crippen molar-refractivity contribution in [1.82, 2.24) is 5.32 Å². The summed E-state index contributed by atoms with van der Waals surface area (Å²) in [5.74, 6) is -1.97. The van der Waals surface area contributed by atoms with Crippen molar-refractivity contribution in [2.45, 2.75) is 37.9 Å². The number of fused-ring (bicyclic) bond motifs is 1. The molecule has 1 heterocycles. The van der Waals surface area contributed by atoms with Gasteiger partial charge in [-0.2, -0.15) is 13.2 Å². The number of hydrogen-bond donors (Lipinski definition) is 3. The highest BCUT2D eigenvalue weighted by Gasteiger charge is 2.38. The monoisotopic (exact) mass is 420 g/mol. The second-order valence-electron chi connectivity index (χ2n) is 6.52. The minimum absolute atomic E-state index is 0.154. The fourth-order valence-electron chi connectivity index (χ4n) is 2.93. The lowest BCUT2D eigenvalue weighted by Crippen LogP contribution is -2.38. The summed E-state index contributed by atoms with van der Waals surface area (Å²) < 4.78 is 37.3. The van der Waals surface area contributed by atoms with Crippen molar-refractivity contribution in [2.24, 2.45) is 11.7 Å². The average molecular weight is 421 g/mol. The third-order valence-corrected chi connectivity index (χ3v) is 4.70. The minimum Gasteiger partial charge on any atom is -0.475 e. The molecule has 10 heteroatoms. The summed E-state index contributed by atoms with van der Waals surface area (Å²) >= 11 is 5.94. The molecular weight excluding hydrogens is 401 g/mol. The van der Waals surface area contributed by atoms with E-state index in [0.717, 1.165) is 37.6 Å². The predicted octanol–water partition coefficient (Wildman–Crippen LogP) is 3.97. The van der Waals surface area contributed by atoms with Crippen molar-refractivity contribution < 1.29 is 32.3 Å². The molecular formula is C18H20ClF3N2O4. The van der Waals surface area contributed by atoms with E-state index in [1.807, 2.05) is 0 Å². The van der Waals surface area contributed by atoms with Crippen LogP contribution in [0.4, 0.5) is 13.2 Å². The summed E-state index contributed by atoms with van der Waals surface area (Å²) in [4.78, 5) is 21.2. The Morgan fingerprint density at radius 2 is 1.82 bits per heavy atom. The van der Waals surface area contributed by atoms with Gasteiger partial charge in [0.2, 0.25) is 0 Å². The zero-order valence-electron chi connectivity index (χ0n) is 14.8. The first-order valence-electron chi connectivity index (χ1n) is 8.60. The van der Waals surface area contributed by atoms with Crippen LogP contribution in [0.3, 0.4) is 0 Å². The van der Waals surface area contributed by atoms with E-state index in [9.17, 15) is 18.0 Å². The number of nitrogens with two attached hydrogens (primary N) is 1. The molecule has 0 unspecified atom stereocenters. The molecule has 0 atom stereocenters. The molecule has 0 saturated heterocycles. The van der Waals surface area contributed by atoms with Crippen LogP contribution in [0.15, 0.2) is 28.7 Å². The number of rotatable bonds is 3. The molecule has 154 valence electrons. The SMILES string of the molecule is NC[C@H]1CC[C@H](NC(=O)c2cc3cc(Cl)ccc3o2)CC1.O=C(O)C(F)(F)F. The van der Waals surface area contributed by atoms with Crippen LogP contribution < -0.4 is 11.1 Å². The second-order valence-corrected chi connectivity index (χ2v) is 6.96. The van der Waals surface area contributed by atoms with Crippen molar-refractivity contribution in [3.05, 3.63) is 35.0 Å². The Kier molecular flexibility index (Phi) is 7.31. The van der Waals surface area contributed by atoms with Gasteiger partial charge in [0.05, 0.1) is 0 Å². The highest BCUT2D eigenvalue weighted by Crippen LogP contribution is 2.25. The number of carbonyl (C=O) groups excluding carboxylic acids is 1. The number of nitrogens with one attached hydrogen (secondary N) is 1. The summed E-state index contributed by atoms with van der Waals surface area (Å²) in [5.41, 5.74) is 6.36. The number of aliphatic carboxylic acids is 1. The van der Waals surface area contributed by atoms with Gasteiger partial charge >= 0.3 is 12.1 Å². The maximum absolute atomic E-state index is 12.3. The van der Waals surface area contributed by atoms with Gasteiger partial charge in [-0.3, -0.25) is 4.79 Å². The first kappa shape index (κ1) is 22.0. The van der Waals surface area contributed by atoms with E-state index < -0.39 is 12.1 Å². The lowest BCUT2D eigenvalue weighted by molar-refractivity contribution is -0.192. The van der Waals surface area contributed by atoms with Crippen LogP contribution in [0.1, 0.15) is 36.2 Å². The molecule has 3 rings (SSSR count). The number of hydrogen-bond acceptors (Lipinski definition) is 4. The molecule has 1 aliphatic carbocycles. The number of furan rings is 1. The Labute approximate surface area is 163 Å². The largest absolute Gasteiger partial charge is 0.490 e. The number of amides is 1. The Morgan fingerprint density at radius 3 is 2.36 bits per heavy atom. The van der Waals surface area contributed by atoms with Gasteiger partial charge in [0.1, 0.15) is 5.58 Å². The van der Waals surface area contributed by atoms with E-state index in [-0.39, 0.29) is 11.9 Å². The molecule has 1 saturated carbocycles. The van der Waals surface area contributed by atoms with Crippen molar-refractivity contribution >= 4 is 34.4 Å². The molecule has 2 aromatic rings. The molecule has 0 radical (unpaired) electrons. The molecule has 0 spiro atoms. The van der Waals surface area contributed by atoms with Crippen LogP contribution >= 0.6 is 11.6 Å². The normalized spacial score (nSPS) is 19.6. The number of halogens is 4. The highest BCUT2D eigenvalue weighted by atomic mass is 35.5. The fraction of sp³-hybridized carbons (Fsp3) is 0.444. The third kappa shape index (κ3) is 6.13. The van der Waals surface area contributed by atoms with Gasteiger partial charge in [0.25, 0.3) is 5.91 Å².